The van der Waals surface area contributed by atoms with Gasteiger partial charge in [0.2, 0.25) is 0 Å². The van der Waals surface area contributed by atoms with Gasteiger partial charge in [-0.15, -0.1) is 0 Å². The first-order valence-electron chi connectivity index (χ1n) is 14.7. The van der Waals surface area contributed by atoms with Gasteiger partial charge < -0.3 is 14.6 Å². The molecular weight excluding hydrogens is 500 g/mol. The van der Waals surface area contributed by atoms with Gasteiger partial charge >= 0.3 is 11.9 Å². The molecule has 0 saturated heterocycles. The van der Waals surface area contributed by atoms with E-state index in [1.54, 1.807) is 24.3 Å². The van der Waals surface area contributed by atoms with Crippen LogP contribution in [0.25, 0.3) is 0 Å². The highest BCUT2D eigenvalue weighted by Crippen LogP contribution is 2.73. The molecule has 2 aromatic rings. The third-order valence-corrected chi connectivity index (χ3v) is 11.2. The van der Waals surface area contributed by atoms with Crippen molar-refractivity contribution in [2.24, 2.45) is 34.0 Å². The second kappa shape index (κ2) is 10.0. The van der Waals surface area contributed by atoms with E-state index in [4.69, 9.17) is 9.47 Å². The number of hydrogen-bond acceptors (Lipinski definition) is 5. The average molecular weight is 541 g/mol. The van der Waals surface area contributed by atoms with E-state index in [1.165, 1.54) is 0 Å². The van der Waals surface area contributed by atoms with Crippen LogP contribution >= 0.6 is 0 Å². The predicted octanol–water partition coefficient (Wildman–Crippen LogP) is 6.79. The van der Waals surface area contributed by atoms with Crippen molar-refractivity contribution in [2.45, 2.75) is 58.0 Å². The largest absolute Gasteiger partial charge is 0.462 e. The average Bonchev–Trinajstić information content (AvgIpc) is 2.99. The maximum Gasteiger partial charge on any atom is 0.338 e. The smallest absolute Gasteiger partial charge is 0.338 e. The second-order valence-corrected chi connectivity index (χ2v) is 13.0. The lowest BCUT2D eigenvalue weighted by molar-refractivity contribution is -0.226. The van der Waals surface area contributed by atoms with E-state index in [0.717, 1.165) is 49.7 Å². The van der Waals surface area contributed by atoms with E-state index >= 15 is 0 Å². The minimum Gasteiger partial charge on any atom is -0.462 e. The minimum absolute atomic E-state index is 0.0203. The summed E-state index contributed by atoms with van der Waals surface area (Å²) in [4.78, 5) is 26.2. The van der Waals surface area contributed by atoms with Gasteiger partial charge in [0.05, 0.1) is 30.4 Å². The molecule has 0 aromatic heterocycles. The fourth-order valence-corrected chi connectivity index (χ4v) is 9.20. The number of esters is 2. The highest BCUT2D eigenvalue weighted by atomic mass is 16.5. The molecule has 210 valence electrons. The van der Waals surface area contributed by atoms with Crippen LogP contribution in [-0.2, 0) is 9.47 Å². The molecule has 40 heavy (non-hydrogen) atoms. The molecule has 2 unspecified atom stereocenters. The van der Waals surface area contributed by atoms with Crippen molar-refractivity contribution in [1.29, 1.82) is 0 Å². The number of rotatable bonds is 6. The van der Waals surface area contributed by atoms with Crippen LogP contribution in [0.1, 0.15) is 72.6 Å². The summed E-state index contributed by atoms with van der Waals surface area (Å²) in [5, 5.41) is 11.9. The van der Waals surface area contributed by atoms with Crippen molar-refractivity contribution < 1.29 is 24.2 Å². The highest BCUT2D eigenvalue weighted by Gasteiger charge is 2.70. The molecule has 0 heterocycles. The Hall–Kier alpha value is -3.18. The lowest BCUT2D eigenvalue weighted by Crippen LogP contribution is -2.68. The van der Waals surface area contributed by atoms with Crippen LogP contribution < -0.4 is 0 Å². The summed E-state index contributed by atoms with van der Waals surface area (Å²) in [6.07, 6.45) is 5.58. The highest BCUT2D eigenvalue weighted by molar-refractivity contribution is 5.89. The number of carbonyl (C=O) groups is 2. The van der Waals surface area contributed by atoms with Crippen LogP contribution in [-0.4, -0.2) is 36.4 Å². The Bertz CT molecular complexity index is 1320. The molecule has 2 bridgehead atoms. The molecular formula is C35H40O5. The Labute approximate surface area is 237 Å². The Balaban J connectivity index is 1.35. The van der Waals surface area contributed by atoms with Gasteiger partial charge in [-0.25, -0.2) is 9.59 Å². The van der Waals surface area contributed by atoms with Crippen molar-refractivity contribution in [3.63, 3.8) is 0 Å². The first-order chi connectivity index (χ1) is 19.2. The zero-order valence-electron chi connectivity index (χ0n) is 23.4. The number of aliphatic hydroxyl groups is 1. The van der Waals surface area contributed by atoms with Crippen LogP contribution in [0.5, 0.6) is 0 Å². The lowest BCUT2D eigenvalue weighted by Gasteiger charge is -2.70. The van der Waals surface area contributed by atoms with Crippen LogP contribution in [0.4, 0.5) is 0 Å². The topological polar surface area (TPSA) is 72.8 Å². The van der Waals surface area contributed by atoms with Gasteiger partial charge in [-0.2, -0.15) is 0 Å². The molecule has 0 aliphatic heterocycles. The van der Waals surface area contributed by atoms with Crippen LogP contribution in [0, 0.1) is 34.0 Å². The SMILES string of the molecule is C=C1C(=C)[C@]23CC[C@H]1CC2[C@]1(COC(=O)c2ccccc2)CCC[C@@](C)(COC(=O)c2ccccc2)C1C[C@H]3O. The predicted molar refractivity (Wildman–Crippen MR) is 153 cm³/mol. The summed E-state index contributed by atoms with van der Waals surface area (Å²) < 4.78 is 12.2. The Morgan fingerprint density at radius 1 is 0.850 bits per heavy atom. The Morgan fingerprint density at radius 2 is 1.45 bits per heavy atom. The number of fused-ring (bicyclic) bond motifs is 3. The van der Waals surface area contributed by atoms with Crippen molar-refractivity contribution in [3.05, 3.63) is 96.1 Å². The zero-order chi connectivity index (χ0) is 28.1. The number of hydrogen-bond donors (Lipinski definition) is 1. The van der Waals surface area contributed by atoms with E-state index in [9.17, 15) is 14.7 Å². The molecule has 5 aliphatic carbocycles. The molecule has 5 saturated carbocycles. The number of benzene rings is 2. The third-order valence-electron chi connectivity index (χ3n) is 11.2. The zero-order valence-corrected chi connectivity index (χ0v) is 23.4. The summed E-state index contributed by atoms with van der Waals surface area (Å²) >= 11 is 0. The Morgan fingerprint density at radius 3 is 2.08 bits per heavy atom. The van der Waals surface area contributed by atoms with E-state index in [-0.39, 0.29) is 41.2 Å². The van der Waals surface area contributed by atoms with E-state index in [2.05, 4.69) is 20.1 Å². The molecule has 1 spiro atoms. The van der Waals surface area contributed by atoms with Crippen LogP contribution in [0.3, 0.4) is 0 Å². The van der Waals surface area contributed by atoms with E-state index in [0.29, 0.717) is 30.1 Å². The molecule has 0 amide bonds. The molecule has 5 aliphatic rings. The summed E-state index contributed by atoms with van der Waals surface area (Å²) in [5.74, 6) is -0.162. The molecule has 5 nitrogen and oxygen atoms in total. The Kier molecular flexibility index (Phi) is 6.77. The maximum absolute atomic E-state index is 13.2. The van der Waals surface area contributed by atoms with Gasteiger partial charge in [0.25, 0.3) is 0 Å². The van der Waals surface area contributed by atoms with Gasteiger partial charge in [-0.3, -0.25) is 0 Å². The van der Waals surface area contributed by atoms with E-state index in [1.807, 2.05) is 36.4 Å². The third kappa shape index (κ3) is 4.08. The van der Waals surface area contributed by atoms with Gasteiger partial charge in [0.15, 0.2) is 0 Å². The summed E-state index contributed by atoms with van der Waals surface area (Å²) in [5.41, 5.74) is 2.01. The van der Waals surface area contributed by atoms with Crippen molar-refractivity contribution in [2.75, 3.05) is 13.2 Å². The standard InChI is InChI=1S/C35H40O5/c1-23-24(2)35-18-15-27(23)19-29(35)34(22-40-32(38)26-13-8-5-9-14-26)17-10-16-33(3,28(34)20-30(35)36)21-39-31(37)25-11-6-4-7-12-25/h4-9,11-14,27-30,36H,1-2,10,15-22H2,3H3/t27-,28?,29?,30+,33-,34-,35+/m0/s1. The lowest BCUT2D eigenvalue weighted by atomic mass is 9.35. The minimum atomic E-state index is -0.562. The quantitative estimate of drug-likeness (QED) is 0.409. The van der Waals surface area contributed by atoms with Crippen LogP contribution in [0.15, 0.2) is 85.0 Å². The van der Waals surface area contributed by atoms with Gasteiger partial charge in [-0.05, 0) is 91.7 Å². The number of ether oxygens (including phenoxy) is 2. The fourth-order valence-electron chi connectivity index (χ4n) is 9.20. The first-order valence-corrected chi connectivity index (χ1v) is 14.7. The fraction of sp³-hybridized carbons (Fsp3) is 0.486. The molecule has 2 aromatic carbocycles. The van der Waals surface area contributed by atoms with Gasteiger partial charge in [0.1, 0.15) is 0 Å². The molecule has 7 rings (SSSR count). The number of carbonyl (C=O) groups excluding carboxylic acids is 2. The van der Waals surface area contributed by atoms with E-state index < -0.39 is 11.5 Å². The molecule has 1 N–H and O–H groups in total. The molecule has 5 fully saturated rings. The maximum atomic E-state index is 13.2. The first kappa shape index (κ1) is 27.0. The van der Waals surface area contributed by atoms with Gasteiger partial charge in [0, 0.05) is 16.2 Å². The normalized spacial score (nSPS) is 36.4. The molecule has 0 radical (unpaired) electrons. The number of allylic oxidation sites excluding steroid dienone is 1. The summed E-state index contributed by atoms with van der Waals surface area (Å²) in [6.45, 7) is 11.7. The van der Waals surface area contributed by atoms with Crippen molar-refractivity contribution >= 4 is 11.9 Å². The second-order valence-electron chi connectivity index (χ2n) is 13.0. The monoisotopic (exact) mass is 540 g/mol. The molecule has 7 atom stereocenters. The van der Waals surface area contributed by atoms with Crippen LogP contribution in [0.2, 0.25) is 0 Å². The van der Waals surface area contributed by atoms with Crippen molar-refractivity contribution in [1.82, 2.24) is 0 Å². The summed E-state index contributed by atoms with van der Waals surface area (Å²) in [6, 6.07) is 18.2. The van der Waals surface area contributed by atoms with Crippen molar-refractivity contribution in [3.8, 4) is 0 Å². The summed E-state index contributed by atoms with van der Waals surface area (Å²) in [7, 11) is 0. The molecule has 5 heteroatoms. The van der Waals surface area contributed by atoms with Gasteiger partial charge in [-0.1, -0.05) is 62.9 Å². The number of aliphatic hydroxyl groups excluding tert-OH is 1.